The second-order valence-corrected chi connectivity index (χ2v) is 5.21. The van der Waals surface area contributed by atoms with Crippen molar-refractivity contribution in [2.24, 2.45) is 0 Å². The SMILES string of the molecule is CC(=O)c1cccc(-n2nnc(-c3ccc(C)cc3)c2N)c1. The molecule has 0 aliphatic heterocycles. The zero-order chi connectivity index (χ0) is 15.7. The van der Waals surface area contributed by atoms with Crippen molar-refractivity contribution in [3.63, 3.8) is 0 Å². The van der Waals surface area contributed by atoms with Gasteiger partial charge in [0.15, 0.2) is 11.6 Å². The van der Waals surface area contributed by atoms with Crippen LogP contribution >= 0.6 is 0 Å². The minimum absolute atomic E-state index is 0.000653. The molecular formula is C17H16N4O. The summed E-state index contributed by atoms with van der Waals surface area (Å²) >= 11 is 0. The molecule has 3 aromatic rings. The molecule has 0 saturated heterocycles. The monoisotopic (exact) mass is 292 g/mol. The maximum atomic E-state index is 11.5. The Morgan fingerprint density at radius 2 is 1.86 bits per heavy atom. The van der Waals surface area contributed by atoms with E-state index in [-0.39, 0.29) is 5.78 Å². The van der Waals surface area contributed by atoms with Crippen LogP contribution in [0.4, 0.5) is 5.82 Å². The molecule has 3 rings (SSSR count). The van der Waals surface area contributed by atoms with Gasteiger partial charge in [-0.3, -0.25) is 4.79 Å². The van der Waals surface area contributed by atoms with Gasteiger partial charge in [-0.15, -0.1) is 5.10 Å². The van der Waals surface area contributed by atoms with Crippen LogP contribution in [0.25, 0.3) is 16.9 Å². The number of benzene rings is 2. The smallest absolute Gasteiger partial charge is 0.159 e. The number of nitrogens with zero attached hydrogens (tertiary/aromatic N) is 3. The van der Waals surface area contributed by atoms with E-state index < -0.39 is 0 Å². The number of rotatable bonds is 3. The van der Waals surface area contributed by atoms with Gasteiger partial charge in [-0.1, -0.05) is 47.2 Å². The number of anilines is 1. The minimum atomic E-state index is -0.000653. The Bertz CT molecular complexity index is 834. The van der Waals surface area contributed by atoms with Crippen LogP contribution in [0.3, 0.4) is 0 Å². The number of carbonyl (C=O) groups is 1. The highest BCUT2D eigenvalue weighted by molar-refractivity contribution is 5.94. The number of nitrogen functional groups attached to an aromatic ring is 1. The first-order valence-corrected chi connectivity index (χ1v) is 6.96. The number of hydrogen-bond acceptors (Lipinski definition) is 4. The maximum Gasteiger partial charge on any atom is 0.159 e. The van der Waals surface area contributed by atoms with Gasteiger partial charge in [0.2, 0.25) is 0 Å². The lowest BCUT2D eigenvalue weighted by molar-refractivity contribution is 0.101. The highest BCUT2D eigenvalue weighted by atomic mass is 16.1. The summed E-state index contributed by atoms with van der Waals surface area (Å²) in [5, 5.41) is 8.29. The maximum absolute atomic E-state index is 11.5. The Labute approximate surface area is 128 Å². The normalized spacial score (nSPS) is 10.6. The van der Waals surface area contributed by atoms with Gasteiger partial charge in [-0.05, 0) is 26.0 Å². The number of aryl methyl sites for hydroxylation is 1. The summed E-state index contributed by atoms with van der Waals surface area (Å²) in [6.07, 6.45) is 0. The minimum Gasteiger partial charge on any atom is -0.382 e. The van der Waals surface area contributed by atoms with Crippen LogP contribution in [0.2, 0.25) is 0 Å². The molecule has 0 aliphatic carbocycles. The van der Waals surface area contributed by atoms with Gasteiger partial charge in [0.1, 0.15) is 5.69 Å². The molecule has 0 spiro atoms. The lowest BCUT2D eigenvalue weighted by Crippen LogP contribution is -2.03. The Morgan fingerprint density at radius 1 is 1.14 bits per heavy atom. The molecule has 5 heteroatoms. The van der Waals surface area contributed by atoms with Crippen molar-refractivity contribution in [1.82, 2.24) is 15.0 Å². The van der Waals surface area contributed by atoms with Crippen LogP contribution in [-0.2, 0) is 0 Å². The number of nitrogens with two attached hydrogens (primary N) is 1. The lowest BCUT2D eigenvalue weighted by Gasteiger charge is -2.05. The number of carbonyl (C=O) groups excluding carboxylic acids is 1. The van der Waals surface area contributed by atoms with Crippen molar-refractivity contribution in [2.45, 2.75) is 13.8 Å². The van der Waals surface area contributed by atoms with Crippen molar-refractivity contribution in [2.75, 3.05) is 5.73 Å². The topological polar surface area (TPSA) is 73.8 Å². The highest BCUT2D eigenvalue weighted by Gasteiger charge is 2.13. The predicted octanol–water partition coefficient (Wildman–Crippen LogP) is 3.03. The molecule has 0 fully saturated rings. The third-order valence-corrected chi connectivity index (χ3v) is 3.53. The fourth-order valence-electron chi connectivity index (χ4n) is 2.25. The fourth-order valence-corrected chi connectivity index (χ4v) is 2.25. The zero-order valence-corrected chi connectivity index (χ0v) is 12.4. The van der Waals surface area contributed by atoms with Crippen molar-refractivity contribution >= 4 is 11.6 Å². The molecule has 5 nitrogen and oxygen atoms in total. The third kappa shape index (κ3) is 2.48. The summed E-state index contributed by atoms with van der Waals surface area (Å²) in [7, 11) is 0. The van der Waals surface area contributed by atoms with E-state index in [0.29, 0.717) is 17.1 Å². The van der Waals surface area contributed by atoms with E-state index in [1.165, 1.54) is 12.5 Å². The Kier molecular flexibility index (Phi) is 3.47. The Balaban J connectivity index is 2.05. The van der Waals surface area contributed by atoms with Crippen LogP contribution in [0.1, 0.15) is 22.8 Å². The first-order valence-electron chi connectivity index (χ1n) is 6.96. The van der Waals surface area contributed by atoms with E-state index in [9.17, 15) is 4.79 Å². The molecule has 2 N–H and O–H groups in total. The molecule has 0 aliphatic rings. The lowest BCUT2D eigenvalue weighted by atomic mass is 10.1. The summed E-state index contributed by atoms with van der Waals surface area (Å²) in [4.78, 5) is 11.5. The molecule has 1 heterocycles. The van der Waals surface area contributed by atoms with Crippen LogP contribution in [0.15, 0.2) is 48.5 Å². The number of hydrogen-bond donors (Lipinski definition) is 1. The highest BCUT2D eigenvalue weighted by Crippen LogP contribution is 2.25. The summed E-state index contributed by atoms with van der Waals surface area (Å²) < 4.78 is 1.54. The van der Waals surface area contributed by atoms with Gasteiger partial charge in [0.05, 0.1) is 5.69 Å². The molecule has 0 amide bonds. The molecule has 2 aromatic carbocycles. The molecular weight excluding hydrogens is 276 g/mol. The number of Topliss-reactive ketones (excluding diaryl/α,β-unsaturated/α-hetero) is 1. The van der Waals surface area contributed by atoms with Crippen molar-refractivity contribution in [3.05, 3.63) is 59.7 Å². The molecule has 22 heavy (non-hydrogen) atoms. The quantitative estimate of drug-likeness (QED) is 0.753. The van der Waals surface area contributed by atoms with Gasteiger partial charge in [0.25, 0.3) is 0 Å². The van der Waals surface area contributed by atoms with Crippen LogP contribution in [0, 0.1) is 6.92 Å². The summed E-state index contributed by atoms with van der Waals surface area (Å²) in [6.45, 7) is 3.55. The van der Waals surface area contributed by atoms with Crippen LogP contribution < -0.4 is 5.73 Å². The van der Waals surface area contributed by atoms with Gasteiger partial charge in [-0.2, -0.15) is 4.68 Å². The molecule has 110 valence electrons. The summed E-state index contributed by atoms with van der Waals surface area (Å²) in [5.74, 6) is 0.448. The van der Waals surface area contributed by atoms with Crippen molar-refractivity contribution in [3.8, 4) is 16.9 Å². The average Bonchev–Trinajstić information content (AvgIpc) is 2.90. The van der Waals surface area contributed by atoms with Gasteiger partial charge < -0.3 is 5.73 Å². The van der Waals surface area contributed by atoms with Crippen LogP contribution in [0.5, 0.6) is 0 Å². The van der Waals surface area contributed by atoms with E-state index in [0.717, 1.165) is 11.3 Å². The Morgan fingerprint density at radius 3 is 2.55 bits per heavy atom. The standard InChI is InChI=1S/C17H16N4O/c1-11-6-8-13(9-7-11)16-17(18)21(20-19-16)15-5-3-4-14(10-15)12(2)22/h3-10H,18H2,1-2H3. The largest absolute Gasteiger partial charge is 0.382 e. The second-order valence-electron chi connectivity index (χ2n) is 5.21. The zero-order valence-electron chi connectivity index (χ0n) is 12.4. The van der Waals surface area contributed by atoms with Gasteiger partial charge >= 0.3 is 0 Å². The van der Waals surface area contributed by atoms with Gasteiger partial charge in [-0.25, -0.2) is 0 Å². The molecule has 1 aromatic heterocycles. The molecule has 0 unspecified atom stereocenters. The molecule has 0 bridgehead atoms. The average molecular weight is 292 g/mol. The fraction of sp³-hybridized carbons (Fsp3) is 0.118. The van der Waals surface area contributed by atoms with Gasteiger partial charge in [0, 0.05) is 11.1 Å². The molecule has 0 saturated carbocycles. The van der Waals surface area contributed by atoms with Crippen LogP contribution in [-0.4, -0.2) is 20.8 Å². The van der Waals surface area contributed by atoms with E-state index in [1.54, 1.807) is 22.9 Å². The number of aromatic nitrogens is 3. The van der Waals surface area contributed by atoms with Crippen molar-refractivity contribution < 1.29 is 4.79 Å². The Hall–Kier alpha value is -2.95. The third-order valence-electron chi connectivity index (χ3n) is 3.53. The first-order chi connectivity index (χ1) is 10.6. The van der Waals surface area contributed by atoms with E-state index in [1.807, 2.05) is 37.3 Å². The van der Waals surface area contributed by atoms with Crippen molar-refractivity contribution in [1.29, 1.82) is 0 Å². The predicted molar refractivity (Wildman–Crippen MR) is 85.9 cm³/mol. The second kappa shape index (κ2) is 5.44. The van der Waals surface area contributed by atoms with E-state index in [2.05, 4.69) is 10.3 Å². The van der Waals surface area contributed by atoms with E-state index in [4.69, 9.17) is 5.73 Å². The number of ketones is 1. The molecule has 0 atom stereocenters. The first kappa shape index (κ1) is 14.0. The van der Waals surface area contributed by atoms with E-state index >= 15 is 0 Å². The summed E-state index contributed by atoms with van der Waals surface area (Å²) in [6, 6.07) is 15.1. The molecule has 0 radical (unpaired) electrons. The summed E-state index contributed by atoms with van der Waals surface area (Å²) in [5.41, 5.74) is 10.2.